The van der Waals surface area contributed by atoms with E-state index in [1.807, 2.05) is 10.9 Å². The van der Waals surface area contributed by atoms with E-state index >= 15 is 0 Å². The van der Waals surface area contributed by atoms with E-state index in [1.165, 1.54) is 37.7 Å². The Morgan fingerprint density at radius 1 is 1.41 bits per heavy atom. The fourth-order valence-corrected chi connectivity index (χ4v) is 3.16. The van der Waals surface area contributed by atoms with Crippen molar-refractivity contribution in [3.05, 3.63) is 18.0 Å². The number of hydrogen-bond acceptors (Lipinski definition) is 2. The SMILES string of the molecule is CCNC(=NCCn1cc(C)cn1)NC1CCCC(CC)C1. The summed E-state index contributed by atoms with van der Waals surface area (Å²) in [5, 5.41) is 11.3. The Labute approximate surface area is 134 Å². The van der Waals surface area contributed by atoms with Gasteiger partial charge in [-0.3, -0.25) is 9.67 Å². The highest BCUT2D eigenvalue weighted by Gasteiger charge is 2.21. The molecule has 0 spiro atoms. The molecule has 2 atom stereocenters. The summed E-state index contributed by atoms with van der Waals surface area (Å²) in [5.41, 5.74) is 1.20. The summed E-state index contributed by atoms with van der Waals surface area (Å²) >= 11 is 0. The van der Waals surface area contributed by atoms with E-state index in [0.717, 1.165) is 31.5 Å². The molecule has 0 aromatic carbocycles. The van der Waals surface area contributed by atoms with Crippen molar-refractivity contribution in [3.63, 3.8) is 0 Å². The van der Waals surface area contributed by atoms with Gasteiger partial charge in [-0.1, -0.05) is 26.2 Å². The quantitative estimate of drug-likeness (QED) is 0.627. The molecule has 1 aromatic heterocycles. The van der Waals surface area contributed by atoms with E-state index in [-0.39, 0.29) is 0 Å². The van der Waals surface area contributed by atoms with E-state index in [1.54, 1.807) is 0 Å². The highest BCUT2D eigenvalue weighted by molar-refractivity contribution is 5.80. The second-order valence-electron chi connectivity index (χ2n) is 6.32. The third-order valence-electron chi connectivity index (χ3n) is 4.41. The number of hydrogen-bond donors (Lipinski definition) is 2. The lowest BCUT2D eigenvalue weighted by Gasteiger charge is -2.30. The maximum atomic E-state index is 4.70. The number of nitrogens with zero attached hydrogens (tertiary/aromatic N) is 3. The van der Waals surface area contributed by atoms with Gasteiger partial charge in [0.05, 0.1) is 19.3 Å². The number of aliphatic imine (C=N–C) groups is 1. The summed E-state index contributed by atoms with van der Waals surface area (Å²) in [6, 6.07) is 0.573. The Morgan fingerprint density at radius 2 is 2.27 bits per heavy atom. The highest BCUT2D eigenvalue weighted by Crippen LogP contribution is 2.26. The first-order valence-corrected chi connectivity index (χ1v) is 8.75. The fourth-order valence-electron chi connectivity index (χ4n) is 3.16. The number of rotatable bonds is 6. The molecule has 0 radical (unpaired) electrons. The molecule has 0 saturated heterocycles. The van der Waals surface area contributed by atoms with Crippen molar-refractivity contribution in [1.29, 1.82) is 0 Å². The molecule has 22 heavy (non-hydrogen) atoms. The Kier molecular flexibility index (Phi) is 6.74. The van der Waals surface area contributed by atoms with Crippen LogP contribution in [0.2, 0.25) is 0 Å². The average molecular weight is 305 g/mol. The topological polar surface area (TPSA) is 54.2 Å². The third kappa shape index (κ3) is 5.35. The van der Waals surface area contributed by atoms with Crippen LogP contribution in [-0.4, -0.2) is 34.9 Å². The van der Waals surface area contributed by atoms with Gasteiger partial charge in [-0.25, -0.2) is 0 Å². The smallest absolute Gasteiger partial charge is 0.191 e. The van der Waals surface area contributed by atoms with Crippen molar-refractivity contribution < 1.29 is 0 Å². The van der Waals surface area contributed by atoms with E-state index in [9.17, 15) is 0 Å². The lowest BCUT2D eigenvalue weighted by Crippen LogP contribution is -2.45. The van der Waals surface area contributed by atoms with E-state index in [4.69, 9.17) is 4.99 Å². The summed E-state index contributed by atoms with van der Waals surface area (Å²) in [7, 11) is 0. The average Bonchev–Trinajstić information content (AvgIpc) is 2.93. The van der Waals surface area contributed by atoms with Gasteiger partial charge in [0.25, 0.3) is 0 Å². The molecule has 1 fully saturated rings. The van der Waals surface area contributed by atoms with Crippen LogP contribution in [0.3, 0.4) is 0 Å². The summed E-state index contributed by atoms with van der Waals surface area (Å²) in [6.07, 6.45) is 10.5. The first-order chi connectivity index (χ1) is 10.7. The molecule has 124 valence electrons. The minimum absolute atomic E-state index is 0.573. The van der Waals surface area contributed by atoms with Crippen LogP contribution >= 0.6 is 0 Å². The second kappa shape index (κ2) is 8.81. The minimum atomic E-state index is 0.573. The van der Waals surface area contributed by atoms with Gasteiger partial charge in [0.1, 0.15) is 0 Å². The van der Waals surface area contributed by atoms with E-state index < -0.39 is 0 Å². The summed E-state index contributed by atoms with van der Waals surface area (Å²) in [5.74, 6) is 1.83. The van der Waals surface area contributed by atoms with Crippen molar-refractivity contribution in [3.8, 4) is 0 Å². The number of aromatic nitrogens is 2. The molecule has 1 aliphatic carbocycles. The zero-order valence-corrected chi connectivity index (χ0v) is 14.3. The molecule has 2 N–H and O–H groups in total. The van der Waals surface area contributed by atoms with Gasteiger partial charge in [-0.2, -0.15) is 5.10 Å². The summed E-state index contributed by atoms with van der Waals surface area (Å²) in [4.78, 5) is 4.70. The molecule has 5 nitrogen and oxygen atoms in total. The molecule has 1 aliphatic rings. The molecule has 0 bridgehead atoms. The van der Waals surface area contributed by atoms with Crippen molar-refractivity contribution in [2.75, 3.05) is 13.1 Å². The van der Waals surface area contributed by atoms with E-state index in [2.05, 4.69) is 42.7 Å². The first-order valence-electron chi connectivity index (χ1n) is 8.75. The van der Waals surface area contributed by atoms with Crippen LogP contribution in [0.1, 0.15) is 51.5 Å². The molecule has 1 saturated carbocycles. The number of aryl methyl sites for hydroxylation is 1. The second-order valence-corrected chi connectivity index (χ2v) is 6.32. The van der Waals surface area contributed by atoms with Crippen LogP contribution in [0.25, 0.3) is 0 Å². The molecular formula is C17H31N5. The van der Waals surface area contributed by atoms with Gasteiger partial charge >= 0.3 is 0 Å². The highest BCUT2D eigenvalue weighted by atomic mass is 15.3. The maximum absolute atomic E-state index is 4.70. The monoisotopic (exact) mass is 305 g/mol. The summed E-state index contributed by atoms with van der Waals surface area (Å²) in [6.45, 7) is 8.96. The number of guanidine groups is 1. The van der Waals surface area contributed by atoms with Gasteiger partial charge in [-0.15, -0.1) is 0 Å². The van der Waals surface area contributed by atoms with Gasteiger partial charge in [0.15, 0.2) is 5.96 Å². The van der Waals surface area contributed by atoms with Crippen LogP contribution in [0.15, 0.2) is 17.4 Å². The normalized spacial score (nSPS) is 22.6. The van der Waals surface area contributed by atoms with E-state index in [0.29, 0.717) is 6.04 Å². The summed E-state index contributed by atoms with van der Waals surface area (Å²) < 4.78 is 1.95. The Morgan fingerprint density at radius 3 is 2.95 bits per heavy atom. The molecule has 2 unspecified atom stereocenters. The van der Waals surface area contributed by atoms with Gasteiger partial charge in [0.2, 0.25) is 0 Å². The third-order valence-corrected chi connectivity index (χ3v) is 4.41. The first kappa shape index (κ1) is 16.8. The molecule has 0 amide bonds. The minimum Gasteiger partial charge on any atom is -0.357 e. The van der Waals surface area contributed by atoms with Crippen molar-refractivity contribution in [1.82, 2.24) is 20.4 Å². The van der Waals surface area contributed by atoms with Crippen LogP contribution in [0.5, 0.6) is 0 Å². The van der Waals surface area contributed by atoms with Crippen molar-refractivity contribution in [2.24, 2.45) is 10.9 Å². The lowest BCUT2D eigenvalue weighted by molar-refractivity contribution is 0.298. The van der Waals surface area contributed by atoms with Crippen LogP contribution < -0.4 is 10.6 Å². The molecule has 1 aromatic rings. The Bertz CT molecular complexity index is 465. The van der Waals surface area contributed by atoms with Crippen molar-refractivity contribution >= 4 is 5.96 Å². The fraction of sp³-hybridized carbons (Fsp3) is 0.765. The van der Waals surface area contributed by atoms with Crippen LogP contribution in [-0.2, 0) is 6.54 Å². The maximum Gasteiger partial charge on any atom is 0.191 e. The molecule has 0 aliphatic heterocycles. The Hall–Kier alpha value is -1.52. The zero-order valence-electron chi connectivity index (χ0n) is 14.3. The van der Waals surface area contributed by atoms with Crippen molar-refractivity contribution in [2.45, 2.75) is 65.5 Å². The molecular weight excluding hydrogens is 274 g/mol. The molecule has 5 heteroatoms. The van der Waals surface area contributed by atoms with Crippen LogP contribution in [0, 0.1) is 12.8 Å². The van der Waals surface area contributed by atoms with Gasteiger partial charge in [0, 0.05) is 18.8 Å². The largest absolute Gasteiger partial charge is 0.357 e. The molecule has 2 rings (SSSR count). The predicted molar refractivity (Wildman–Crippen MR) is 92.1 cm³/mol. The Balaban J connectivity index is 1.83. The number of nitrogens with one attached hydrogen (secondary N) is 2. The van der Waals surface area contributed by atoms with Gasteiger partial charge < -0.3 is 10.6 Å². The lowest BCUT2D eigenvalue weighted by atomic mass is 9.84. The predicted octanol–water partition coefficient (Wildman–Crippen LogP) is 2.72. The van der Waals surface area contributed by atoms with Crippen LogP contribution in [0.4, 0.5) is 0 Å². The molecule has 1 heterocycles. The standard InChI is InChI=1S/C17H31N5/c1-4-15-7-6-8-16(11-15)21-17(18-5-2)19-9-10-22-13-14(3)12-20-22/h12-13,15-16H,4-11H2,1-3H3,(H2,18,19,21). The zero-order chi connectivity index (χ0) is 15.8. The van der Waals surface area contributed by atoms with Gasteiger partial charge in [-0.05, 0) is 38.2 Å².